The summed E-state index contributed by atoms with van der Waals surface area (Å²) in [6.07, 6.45) is 7.73. The smallest absolute Gasteiger partial charge is 0.321 e. The lowest BCUT2D eigenvalue weighted by atomic mass is 9.95. The van der Waals surface area contributed by atoms with E-state index in [4.69, 9.17) is 9.72 Å². The summed E-state index contributed by atoms with van der Waals surface area (Å²) in [5.74, 6) is 1.19. The molecule has 0 spiro atoms. The van der Waals surface area contributed by atoms with E-state index in [0.29, 0.717) is 30.5 Å². The zero-order valence-corrected chi connectivity index (χ0v) is 21.9. The number of epoxide rings is 1. The molecule has 4 aliphatic rings. The molecule has 194 valence electrons. The molecule has 36 heavy (non-hydrogen) atoms. The molecule has 1 aromatic heterocycles. The SMILES string of the molecule is CNC(=O)N(CCCN1[C@@H]2CC[C@H]1CC(n1c(C)nc3c1CCN(C1OC1C)C3)C2)c1ccccc1. The first-order valence-corrected chi connectivity index (χ1v) is 13.8. The number of urea groups is 1. The first-order valence-electron chi connectivity index (χ1n) is 13.8. The Morgan fingerprint density at radius 3 is 2.56 bits per heavy atom. The number of imidazole rings is 1. The van der Waals surface area contributed by atoms with Gasteiger partial charge in [0, 0.05) is 69.2 Å². The average molecular weight is 493 g/mol. The normalized spacial score (nSPS) is 29.7. The maximum atomic E-state index is 12.5. The second kappa shape index (κ2) is 9.80. The molecule has 5 atom stereocenters. The van der Waals surface area contributed by atoms with E-state index in [2.05, 4.69) is 33.5 Å². The molecule has 3 unspecified atom stereocenters. The maximum Gasteiger partial charge on any atom is 0.321 e. The molecule has 2 amide bonds. The number of hydrogen-bond donors (Lipinski definition) is 1. The van der Waals surface area contributed by atoms with Crippen molar-refractivity contribution in [3.8, 4) is 0 Å². The summed E-state index contributed by atoms with van der Waals surface area (Å²) in [6.45, 7) is 8.14. The van der Waals surface area contributed by atoms with Crippen molar-refractivity contribution in [1.82, 2.24) is 24.7 Å². The van der Waals surface area contributed by atoms with Crippen molar-refractivity contribution < 1.29 is 9.53 Å². The lowest BCUT2D eigenvalue weighted by Crippen LogP contribution is -2.46. The standard InChI is InChI=1S/C28H40N6O2/c1-19-27(36-19)31-15-12-26-25(18-31)30-20(2)34(26)24-16-22-10-11-23(17-24)32(22)13-7-14-33(28(35)29-3)21-8-5-4-6-9-21/h4-6,8-9,19,22-24,27H,7,10-18H2,1-3H3,(H,29,35)/t19?,22-,23+,24?,27?. The molecule has 8 nitrogen and oxygen atoms in total. The van der Waals surface area contributed by atoms with Crippen LogP contribution in [-0.4, -0.2) is 76.5 Å². The van der Waals surface area contributed by atoms with E-state index in [9.17, 15) is 4.79 Å². The second-order valence-electron chi connectivity index (χ2n) is 11.0. The second-order valence-corrected chi connectivity index (χ2v) is 11.0. The minimum Gasteiger partial charge on any atom is -0.353 e. The molecule has 2 bridgehead atoms. The zero-order valence-electron chi connectivity index (χ0n) is 21.9. The van der Waals surface area contributed by atoms with Crippen LogP contribution in [0.2, 0.25) is 0 Å². The monoisotopic (exact) mass is 492 g/mol. The molecule has 0 aliphatic carbocycles. The van der Waals surface area contributed by atoms with Crippen LogP contribution in [0.4, 0.5) is 10.5 Å². The minimum absolute atomic E-state index is 0.0375. The van der Waals surface area contributed by atoms with E-state index in [1.54, 1.807) is 7.05 Å². The molecule has 3 fully saturated rings. The quantitative estimate of drug-likeness (QED) is 0.597. The number of fused-ring (bicyclic) bond motifs is 3. The van der Waals surface area contributed by atoms with Crippen LogP contribution in [0.15, 0.2) is 30.3 Å². The highest BCUT2D eigenvalue weighted by atomic mass is 16.6. The molecule has 0 saturated carbocycles. The number of nitrogens with one attached hydrogen (secondary N) is 1. The van der Waals surface area contributed by atoms with Crippen molar-refractivity contribution in [1.29, 1.82) is 0 Å². The van der Waals surface area contributed by atoms with Crippen molar-refractivity contribution in [3.63, 3.8) is 0 Å². The highest BCUT2D eigenvalue weighted by Gasteiger charge is 2.44. The number of nitrogens with zero attached hydrogens (tertiary/aromatic N) is 5. The predicted molar refractivity (Wildman–Crippen MR) is 140 cm³/mol. The lowest BCUT2D eigenvalue weighted by molar-refractivity contribution is 0.103. The number of piperidine rings is 1. The van der Waals surface area contributed by atoms with E-state index < -0.39 is 0 Å². The van der Waals surface area contributed by atoms with Crippen LogP contribution >= 0.6 is 0 Å². The number of carbonyl (C=O) groups excluding carboxylic acids is 1. The highest BCUT2D eigenvalue weighted by Crippen LogP contribution is 2.43. The molecule has 1 N–H and O–H groups in total. The van der Waals surface area contributed by atoms with E-state index in [-0.39, 0.29) is 6.03 Å². The highest BCUT2D eigenvalue weighted by molar-refractivity contribution is 5.91. The molecule has 1 aromatic carbocycles. The van der Waals surface area contributed by atoms with Gasteiger partial charge in [-0.15, -0.1) is 0 Å². The van der Waals surface area contributed by atoms with Gasteiger partial charge in [0.15, 0.2) is 0 Å². The summed E-state index contributed by atoms with van der Waals surface area (Å²) in [6, 6.07) is 11.8. The summed E-state index contributed by atoms with van der Waals surface area (Å²) in [4.78, 5) is 24.6. The summed E-state index contributed by atoms with van der Waals surface area (Å²) < 4.78 is 8.33. The van der Waals surface area contributed by atoms with Gasteiger partial charge in [0.25, 0.3) is 0 Å². The Labute approximate surface area is 214 Å². The predicted octanol–water partition coefficient (Wildman–Crippen LogP) is 3.70. The largest absolute Gasteiger partial charge is 0.353 e. The van der Waals surface area contributed by atoms with Gasteiger partial charge in [-0.1, -0.05) is 18.2 Å². The van der Waals surface area contributed by atoms with Gasteiger partial charge in [0.2, 0.25) is 0 Å². The number of carbonyl (C=O) groups is 1. The number of amides is 2. The summed E-state index contributed by atoms with van der Waals surface area (Å²) in [5, 5.41) is 2.80. The van der Waals surface area contributed by atoms with E-state index in [0.717, 1.165) is 44.7 Å². The molecule has 4 aliphatic heterocycles. The van der Waals surface area contributed by atoms with Crippen LogP contribution in [0.1, 0.15) is 62.3 Å². The number of hydrogen-bond acceptors (Lipinski definition) is 5. The fraction of sp³-hybridized carbons (Fsp3) is 0.643. The lowest BCUT2D eigenvalue weighted by Gasteiger charge is -2.41. The molecule has 8 heteroatoms. The molecule has 2 aromatic rings. The van der Waals surface area contributed by atoms with Gasteiger partial charge in [-0.25, -0.2) is 9.78 Å². The van der Waals surface area contributed by atoms with Crippen molar-refractivity contribution in [3.05, 3.63) is 47.5 Å². The van der Waals surface area contributed by atoms with Gasteiger partial charge in [-0.3, -0.25) is 14.7 Å². The molecule has 6 rings (SSSR count). The molecule has 3 saturated heterocycles. The number of anilines is 1. The summed E-state index contributed by atoms with van der Waals surface area (Å²) in [5.41, 5.74) is 3.70. The number of rotatable bonds is 7. The molecular weight excluding hydrogens is 452 g/mol. The Hall–Kier alpha value is -2.42. The average Bonchev–Trinajstić information content (AvgIpc) is 3.46. The van der Waals surface area contributed by atoms with Crippen molar-refractivity contribution >= 4 is 11.7 Å². The van der Waals surface area contributed by atoms with E-state index in [1.165, 1.54) is 42.9 Å². The zero-order chi connectivity index (χ0) is 24.8. The van der Waals surface area contributed by atoms with Gasteiger partial charge >= 0.3 is 6.03 Å². The number of aromatic nitrogens is 2. The van der Waals surface area contributed by atoms with Crippen LogP contribution in [0.5, 0.6) is 0 Å². The Morgan fingerprint density at radius 2 is 1.89 bits per heavy atom. The number of benzene rings is 1. The Kier molecular flexibility index (Phi) is 6.52. The summed E-state index contributed by atoms with van der Waals surface area (Å²) in [7, 11) is 1.71. The van der Waals surface area contributed by atoms with E-state index >= 15 is 0 Å². The third kappa shape index (κ3) is 4.44. The van der Waals surface area contributed by atoms with Crippen LogP contribution in [0, 0.1) is 6.92 Å². The fourth-order valence-corrected chi connectivity index (χ4v) is 7.14. The van der Waals surface area contributed by atoms with Gasteiger partial charge < -0.3 is 14.6 Å². The third-order valence-electron chi connectivity index (χ3n) is 8.85. The minimum atomic E-state index is -0.0375. The van der Waals surface area contributed by atoms with Crippen LogP contribution in [0.3, 0.4) is 0 Å². The van der Waals surface area contributed by atoms with Gasteiger partial charge in [-0.05, 0) is 58.1 Å². The van der Waals surface area contributed by atoms with Gasteiger partial charge in [0.05, 0.1) is 11.8 Å². The van der Waals surface area contributed by atoms with Crippen LogP contribution in [0.25, 0.3) is 0 Å². The molecular formula is C28H40N6O2. The van der Waals surface area contributed by atoms with E-state index in [1.807, 2.05) is 35.2 Å². The van der Waals surface area contributed by atoms with Crippen molar-refractivity contribution in [2.24, 2.45) is 0 Å². The first kappa shape index (κ1) is 23.9. The summed E-state index contributed by atoms with van der Waals surface area (Å²) >= 11 is 0. The Bertz CT molecular complexity index is 1070. The van der Waals surface area contributed by atoms with Crippen molar-refractivity contribution in [2.45, 2.75) is 89.4 Å². The van der Waals surface area contributed by atoms with Gasteiger partial charge in [-0.2, -0.15) is 0 Å². The first-order chi connectivity index (χ1) is 17.5. The molecule has 5 heterocycles. The topological polar surface area (TPSA) is 69.2 Å². The Morgan fingerprint density at radius 1 is 1.17 bits per heavy atom. The van der Waals surface area contributed by atoms with Crippen LogP contribution in [-0.2, 0) is 17.7 Å². The van der Waals surface area contributed by atoms with Gasteiger partial charge in [0.1, 0.15) is 12.1 Å². The molecule has 0 radical (unpaired) electrons. The Balaban J connectivity index is 1.09. The van der Waals surface area contributed by atoms with Crippen molar-refractivity contribution in [2.75, 3.05) is 31.6 Å². The third-order valence-corrected chi connectivity index (χ3v) is 8.85. The number of para-hydroxylation sites is 1. The van der Waals surface area contributed by atoms with Crippen LogP contribution < -0.4 is 10.2 Å². The maximum absolute atomic E-state index is 12.5. The fourth-order valence-electron chi connectivity index (χ4n) is 7.14. The number of aryl methyl sites for hydroxylation is 1. The number of ether oxygens (including phenoxy) is 1.